The summed E-state index contributed by atoms with van der Waals surface area (Å²) >= 11 is 0. The van der Waals surface area contributed by atoms with Crippen molar-refractivity contribution in [2.45, 2.75) is 31.8 Å². The zero-order valence-electron chi connectivity index (χ0n) is 10.2. The van der Waals surface area contributed by atoms with Gasteiger partial charge in [0.15, 0.2) is 0 Å². The fourth-order valence-corrected chi connectivity index (χ4v) is 1.83. The largest absolute Gasteiger partial charge is 0.491 e. The van der Waals surface area contributed by atoms with Gasteiger partial charge in [-0.25, -0.2) is 0 Å². The average molecular weight is 235 g/mol. The molecule has 0 saturated heterocycles. The average Bonchev–Trinajstić information content (AvgIpc) is 2.29. The standard InChI is InChI=1S/C14H21NO2/c15-9-8-12-4-6-14(7-5-12)17-11-10-16-13-2-1-3-13/h4-7,13H,1-3,8-11,15H2. The molecule has 0 bridgehead atoms. The fourth-order valence-electron chi connectivity index (χ4n) is 1.83. The molecule has 0 heterocycles. The molecule has 3 heteroatoms. The molecule has 0 amide bonds. The third-order valence-corrected chi connectivity index (χ3v) is 3.11. The van der Waals surface area contributed by atoms with Crippen molar-refractivity contribution in [2.24, 2.45) is 5.73 Å². The molecule has 1 aliphatic rings. The second kappa shape index (κ2) is 6.62. The fraction of sp³-hybridized carbons (Fsp3) is 0.571. The second-order valence-corrected chi connectivity index (χ2v) is 4.45. The van der Waals surface area contributed by atoms with Crippen LogP contribution in [0, 0.1) is 0 Å². The van der Waals surface area contributed by atoms with Crippen LogP contribution in [-0.4, -0.2) is 25.9 Å². The molecule has 0 spiro atoms. The Bertz CT molecular complexity index is 319. The first-order valence-corrected chi connectivity index (χ1v) is 6.42. The van der Waals surface area contributed by atoms with Gasteiger partial charge in [-0.2, -0.15) is 0 Å². The van der Waals surface area contributed by atoms with E-state index in [1.165, 1.54) is 24.8 Å². The van der Waals surface area contributed by atoms with Gasteiger partial charge in [0.1, 0.15) is 12.4 Å². The van der Waals surface area contributed by atoms with Crippen LogP contribution >= 0.6 is 0 Å². The smallest absolute Gasteiger partial charge is 0.119 e. The minimum absolute atomic E-state index is 0.491. The Morgan fingerprint density at radius 3 is 2.47 bits per heavy atom. The van der Waals surface area contributed by atoms with Crippen molar-refractivity contribution in [1.29, 1.82) is 0 Å². The van der Waals surface area contributed by atoms with E-state index in [0.717, 1.165) is 12.2 Å². The Balaban J connectivity index is 1.63. The van der Waals surface area contributed by atoms with Crippen LogP contribution in [0.3, 0.4) is 0 Å². The molecule has 2 N–H and O–H groups in total. The highest BCUT2D eigenvalue weighted by Crippen LogP contribution is 2.21. The van der Waals surface area contributed by atoms with Crippen LogP contribution < -0.4 is 10.5 Å². The highest BCUT2D eigenvalue weighted by atomic mass is 16.5. The van der Waals surface area contributed by atoms with Gasteiger partial charge >= 0.3 is 0 Å². The molecule has 94 valence electrons. The Morgan fingerprint density at radius 1 is 1.12 bits per heavy atom. The van der Waals surface area contributed by atoms with Crippen molar-refractivity contribution in [3.05, 3.63) is 29.8 Å². The molecule has 1 saturated carbocycles. The Kier molecular flexibility index (Phi) is 4.83. The van der Waals surface area contributed by atoms with Crippen LogP contribution in [0.1, 0.15) is 24.8 Å². The Hall–Kier alpha value is -1.06. The number of nitrogens with two attached hydrogens (primary N) is 1. The third-order valence-electron chi connectivity index (χ3n) is 3.11. The van der Waals surface area contributed by atoms with Gasteiger partial charge in [0.2, 0.25) is 0 Å². The molecule has 0 radical (unpaired) electrons. The quantitative estimate of drug-likeness (QED) is 0.736. The molecular formula is C14H21NO2. The van der Waals surface area contributed by atoms with Crippen molar-refractivity contribution >= 4 is 0 Å². The maximum absolute atomic E-state index is 5.62. The van der Waals surface area contributed by atoms with E-state index in [0.29, 0.717) is 25.9 Å². The van der Waals surface area contributed by atoms with Gasteiger partial charge in [0, 0.05) is 0 Å². The highest BCUT2D eigenvalue weighted by molar-refractivity contribution is 5.27. The first-order chi connectivity index (χ1) is 8.38. The van der Waals surface area contributed by atoms with Crippen molar-refractivity contribution in [2.75, 3.05) is 19.8 Å². The third kappa shape index (κ3) is 4.02. The lowest BCUT2D eigenvalue weighted by molar-refractivity contribution is -0.0103. The van der Waals surface area contributed by atoms with Crippen molar-refractivity contribution < 1.29 is 9.47 Å². The lowest BCUT2D eigenvalue weighted by Crippen LogP contribution is -2.23. The first kappa shape index (κ1) is 12.4. The number of ether oxygens (including phenoxy) is 2. The molecule has 0 unspecified atom stereocenters. The van der Waals surface area contributed by atoms with Crippen LogP contribution in [0.2, 0.25) is 0 Å². The normalized spacial score (nSPS) is 15.6. The van der Waals surface area contributed by atoms with E-state index in [4.69, 9.17) is 15.2 Å². The lowest BCUT2D eigenvalue weighted by Gasteiger charge is -2.25. The first-order valence-electron chi connectivity index (χ1n) is 6.42. The van der Waals surface area contributed by atoms with Gasteiger partial charge in [-0.3, -0.25) is 0 Å². The number of rotatable bonds is 7. The van der Waals surface area contributed by atoms with E-state index >= 15 is 0 Å². The molecule has 3 nitrogen and oxygen atoms in total. The van der Waals surface area contributed by atoms with Gasteiger partial charge in [0.25, 0.3) is 0 Å². The minimum Gasteiger partial charge on any atom is -0.491 e. The Labute approximate surface area is 103 Å². The molecule has 0 atom stereocenters. The summed E-state index contributed by atoms with van der Waals surface area (Å²) < 4.78 is 11.2. The van der Waals surface area contributed by atoms with Crippen LogP contribution in [0.25, 0.3) is 0 Å². The number of hydrogen-bond acceptors (Lipinski definition) is 3. The van der Waals surface area contributed by atoms with E-state index in [-0.39, 0.29) is 0 Å². The molecule has 1 fully saturated rings. The molecule has 0 aliphatic heterocycles. The zero-order valence-corrected chi connectivity index (χ0v) is 10.2. The van der Waals surface area contributed by atoms with E-state index < -0.39 is 0 Å². The van der Waals surface area contributed by atoms with E-state index in [9.17, 15) is 0 Å². The monoisotopic (exact) mass is 235 g/mol. The summed E-state index contributed by atoms with van der Waals surface area (Å²) in [5, 5.41) is 0. The minimum atomic E-state index is 0.491. The van der Waals surface area contributed by atoms with Crippen LogP contribution in [-0.2, 0) is 11.2 Å². The van der Waals surface area contributed by atoms with Crippen molar-refractivity contribution in [3.63, 3.8) is 0 Å². The topological polar surface area (TPSA) is 44.5 Å². The van der Waals surface area contributed by atoms with Crippen LogP contribution in [0.15, 0.2) is 24.3 Å². The highest BCUT2D eigenvalue weighted by Gasteiger charge is 2.17. The predicted molar refractivity (Wildman–Crippen MR) is 68.3 cm³/mol. The molecule has 1 aromatic rings. The van der Waals surface area contributed by atoms with E-state index in [1.54, 1.807) is 0 Å². The van der Waals surface area contributed by atoms with Crippen molar-refractivity contribution in [3.8, 4) is 5.75 Å². The summed E-state index contributed by atoms with van der Waals surface area (Å²) in [7, 11) is 0. The van der Waals surface area contributed by atoms with Crippen LogP contribution in [0.4, 0.5) is 0 Å². The van der Waals surface area contributed by atoms with Gasteiger partial charge in [-0.1, -0.05) is 12.1 Å². The summed E-state index contributed by atoms with van der Waals surface area (Å²) in [6.45, 7) is 2.01. The van der Waals surface area contributed by atoms with E-state index in [2.05, 4.69) is 12.1 Å². The van der Waals surface area contributed by atoms with Gasteiger partial charge in [-0.15, -0.1) is 0 Å². The number of benzene rings is 1. The molecule has 1 aliphatic carbocycles. The number of hydrogen-bond donors (Lipinski definition) is 1. The van der Waals surface area contributed by atoms with Gasteiger partial charge in [-0.05, 0) is 49.9 Å². The van der Waals surface area contributed by atoms with Crippen molar-refractivity contribution in [1.82, 2.24) is 0 Å². The molecular weight excluding hydrogens is 214 g/mol. The Morgan fingerprint density at radius 2 is 1.88 bits per heavy atom. The maximum Gasteiger partial charge on any atom is 0.119 e. The molecule has 2 rings (SSSR count). The van der Waals surface area contributed by atoms with Crippen LogP contribution in [0.5, 0.6) is 5.75 Å². The van der Waals surface area contributed by atoms with Gasteiger partial charge < -0.3 is 15.2 Å². The summed E-state index contributed by atoms with van der Waals surface area (Å²) in [5.74, 6) is 0.906. The summed E-state index contributed by atoms with van der Waals surface area (Å²) in [5.41, 5.74) is 6.75. The molecule has 0 aromatic heterocycles. The van der Waals surface area contributed by atoms with E-state index in [1.807, 2.05) is 12.1 Å². The predicted octanol–water partition coefficient (Wildman–Crippen LogP) is 2.14. The SMILES string of the molecule is NCCc1ccc(OCCOC2CCC2)cc1. The summed E-state index contributed by atoms with van der Waals surface area (Å²) in [6, 6.07) is 8.12. The maximum atomic E-state index is 5.62. The zero-order chi connectivity index (χ0) is 11.9. The summed E-state index contributed by atoms with van der Waals surface area (Å²) in [6.07, 6.45) is 5.16. The molecule has 1 aromatic carbocycles. The van der Waals surface area contributed by atoms with Gasteiger partial charge in [0.05, 0.1) is 12.7 Å². The summed E-state index contributed by atoms with van der Waals surface area (Å²) in [4.78, 5) is 0. The second-order valence-electron chi connectivity index (χ2n) is 4.45. The molecule has 17 heavy (non-hydrogen) atoms. The lowest BCUT2D eigenvalue weighted by atomic mass is 9.96.